The van der Waals surface area contributed by atoms with Crippen LogP contribution in [0, 0.1) is 0 Å². The van der Waals surface area contributed by atoms with Crippen molar-refractivity contribution in [2.75, 3.05) is 19.8 Å². The van der Waals surface area contributed by atoms with Crippen LogP contribution in [0.3, 0.4) is 0 Å². The van der Waals surface area contributed by atoms with Gasteiger partial charge in [-0.15, -0.1) is 11.3 Å². The van der Waals surface area contributed by atoms with E-state index < -0.39 is 36.2 Å². The minimum absolute atomic E-state index is 0.267. The van der Waals surface area contributed by atoms with E-state index in [-0.39, 0.29) is 18.9 Å². The molecule has 11 heteroatoms. The SMILES string of the molecule is CCOC(OCC)C(C)N(Cc1csc2ccccc12)C(=O)C(CCCCNC(=O)OC(C)(C)C)NC(=O)O. The molecule has 3 N–H and O–H groups in total. The topological polar surface area (TPSA) is 126 Å². The first kappa shape index (κ1) is 32.3. The Morgan fingerprint density at radius 2 is 1.74 bits per heavy atom. The van der Waals surface area contributed by atoms with Gasteiger partial charge in [0.15, 0.2) is 6.29 Å². The molecule has 0 aliphatic carbocycles. The van der Waals surface area contributed by atoms with Crippen LogP contribution >= 0.6 is 11.3 Å². The summed E-state index contributed by atoms with van der Waals surface area (Å²) in [6.07, 6.45) is -1.13. The lowest BCUT2D eigenvalue weighted by Gasteiger charge is -2.36. The number of ether oxygens (including phenoxy) is 3. The number of alkyl carbamates (subject to hydrolysis) is 1. The van der Waals surface area contributed by atoms with E-state index in [9.17, 15) is 19.5 Å². The van der Waals surface area contributed by atoms with E-state index >= 15 is 0 Å². The van der Waals surface area contributed by atoms with Crippen LogP contribution in [0.4, 0.5) is 9.59 Å². The summed E-state index contributed by atoms with van der Waals surface area (Å²) in [7, 11) is 0. The summed E-state index contributed by atoms with van der Waals surface area (Å²) < 4.78 is 18.0. The van der Waals surface area contributed by atoms with Crippen molar-refractivity contribution in [3.05, 3.63) is 35.2 Å². The van der Waals surface area contributed by atoms with Gasteiger partial charge >= 0.3 is 12.2 Å². The van der Waals surface area contributed by atoms with Crippen LogP contribution in [0.5, 0.6) is 0 Å². The average molecular weight is 566 g/mol. The number of nitrogens with one attached hydrogen (secondary N) is 2. The fraction of sp³-hybridized carbons (Fsp3) is 0.607. The summed E-state index contributed by atoms with van der Waals surface area (Å²) in [5.74, 6) is -0.357. The predicted molar refractivity (Wildman–Crippen MR) is 152 cm³/mol. The molecule has 0 aliphatic heterocycles. The van der Waals surface area contributed by atoms with Crippen molar-refractivity contribution in [1.82, 2.24) is 15.5 Å². The number of thiophene rings is 1. The maximum absolute atomic E-state index is 13.9. The number of nitrogens with zero attached hydrogens (tertiary/aromatic N) is 1. The Bertz CT molecular complexity index is 1060. The number of fused-ring (bicyclic) bond motifs is 1. The second kappa shape index (κ2) is 15.6. The number of carboxylic acid groups (broad SMARTS) is 1. The van der Waals surface area contributed by atoms with Crippen LogP contribution in [0.2, 0.25) is 0 Å². The van der Waals surface area contributed by atoms with Crippen molar-refractivity contribution in [1.29, 1.82) is 0 Å². The molecule has 2 aromatic rings. The van der Waals surface area contributed by atoms with Gasteiger partial charge in [0.25, 0.3) is 0 Å². The third-order valence-corrected chi connectivity index (χ3v) is 6.93. The van der Waals surface area contributed by atoms with E-state index in [4.69, 9.17) is 14.2 Å². The van der Waals surface area contributed by atoms with Gasteiger partial charge in [0.05, 0.1) is 6.04 Å². The van der Waals surface area contributed by atoms with Crippen LogP contribution < -0.4 is 10.6 Å². The average Bonchev–Trinajstić information content (AvgIpc) is 3.27. The molecule has 0 fully saturated rings. The zero-order chi connectivity index (χ0) is 29.0. The van der Waals surface area contributed by atoms with Gasteiger partial charge in [-0.2, -0.15) is 0 Å². The molecule has 0 bridgehead atoms. The van der Waals surface area contributed by atoms with Crippen molar-refractivity contribution in [2.45, 2.75) is 91.3 Å². The van der Waals surface area contributed by atoms with E-state index in [0.29, 0.717) is 32.6 Å². The highest BCUT2D eigenvalue weighted by Crippen LogP contribution is 2.28. The van der Waals surface area contributed by atoms with Crippen LogP contribution in [0.25, 0.3) is 10.1 Å². The Kier molecular flexibility index (Phi) is 13.0. The van der Waals surface area contributed by atoms with Gasteiger partial charge in [-0.05, 0) is 83.2 Å². The van der Waals surface area contributed by atoms with Crippen LogP contribution in [-0.2, 0) is 25.5 Å². The van der Waals surface area contributed by atoms with Crippen molar-refractivity contribution in [3.8, 4) is 0 Å². The number of unbranched alkanes of at least 4 members (excludes halogenated alkanes) is 1. The van der Waals surface area contributed by atoms with Gasteiger partial charge in [0.1, 0.15) is 11.6 Å². The molecule has 2 rings (SSSR count). The number of benzene rings is 1. The predicted octanol–water partition coefficient (Wildman–Crippen LogP) is 5.35. The van der Waals surface area contributed by atoms with Gasteiger partial charge in [-0.3, -0.25) is 4.79 Å². The summed E-state index contributed by atoms with van der Waals surface area (Å²) in [4.78, 5) is 39.1. The molecule has 1 aromatic carbocycles. The van der Waals surface area contributed by atoms with E-state index in [2.05, 4.69) is 10.6 Å². The highest BCUT2D eigenvalue weighted by atomic mass is 32.1. The minimum atomic E-state index is -1.28. The summed E-state index contributed by atoms with van der Waals surface area (Å²) in [6, 6.07) is 6.52. The number of rotatable bonds is 15. The number of carbonyl (C=O) groups is 3. The van der Waals surface area contributed by atoms with E-state index in [0.717, 1.165) is 15.6 Å². The standard InChI is InChI=1S/C28H43N3O7S/c1-7-36-25(37-8-2)19(3)31(17-20-18-39-23-15-10-9-13-21(20)23)24(32)22(30-26(33)34)14-11-12-16-29-27(35)38-28(4,5)6/h9-10,13,15,18-19,22,25,30H,7-8,11-12,14,16-17H2,1-6H3,(H,29,35)(H,33,34). The maximum atomic E-state index is 13.9. The molecule has 0 saturated carbocycles. The lowest BCUT2D eigenvalue weighted by atomic mass is 10.1. The summed E-state index contributed by atoms with van der Waals surface area (Å²) in [5, 5.41) is 17.7. The second-order valence-corrected chi connectivity index (χ2v) is 11.1. The Morgan fingerprint density at radius 3 is 2.36 bits per heavy atom. The summed E-state index contributed by atoms with van der Waals surface area (Å²) >= 11 is 1.60. The van der Waals surface area contributed by atoms with Crippen LogP contribution in [0.1, 0.15) is 66.4 Å². The molecule has 2 atom stereocenters. The molecular weight excluding hydrogens is 522 g/mol. The highest BCUT2D eigenvalue weighted by Gasteiger charge is 2.34. The zero-order valence-corrected chi connectivity index (χ0v) is 24.6. The zero-order valence-electron chi connectivity index (χ0n) is 23.8. The van der Waals surface area contributed by atoms with Gasteiger partial charge in [0, 0.05) is 31.0 Å². The molecule has 0 saturated heterocycles. The van der Waals surface area contributed by atoms with Crippen molar-refractivity contribution >= 4 is 39.5 Å². The first-order valence-electron chi connectivity index (χ1n) is 13.4. The molecule has 0 aliphatic rings. The quantitative estimate of drug-likeness (QED) is 0.196. The molecule has 218 valence electrons. The second-order valence-electron chi connectivity index (χ2n) is 10.2. The molecule has 2 unspecified atom stereocenters. The molecule has 1 aromatic heterocycles. The monoisotopic (exact) mass is 565 g/mol. The lowest BCUT2D eigenvalue weighted by molar-refractivity contribution is -0.179. The molecule has 0 radical (unpaired) electrons. The van der Waals surface area contributed by atoms with Gasteiger partial charge in [0.2, 0.25) is 5.91 Å². The van der Waals surface area contributed by atoms with Crippen molar-refractivity contribution in [2.24, 2.45) is 0 Å². The largest absolute Gasteiger partial charge is 0.465 e. The first-order chi connectivity index (χ1) is 18.5. The van der Waals surface area contributed by atoms with Crippen LogP contribution in [0.15, 0.2) is 29.6 Å². The highest BCUT2D eigenvalue weighted by molar-refractivity contribution is 7.17. The lowest BCUT2D eigenvalue weighted by Crippen LogP contribution is -2.54. The van der Waals surface area contributed by atoms with E-state index in [1.54, 1.807) is 37.0 Å². The normalized spacial score (nSPS) is 13.2. The van der Waals surface area contributed by atoms with Gasteiger partial charge < -0.3 is 34.9 Å². The van der Waals surface area contributed by atoms with Crippen molar-refractivity contribution < 1.29 is 33.7 Å². The van der Waals surface area contributed by atoms with Crippen LogP contribution in [-0.4, -0.2) is 71.8 Å². The van der Waals surface area contributed by atoms with Crippen molar-refractivity contribution in [3.63, 3.8) is 0 Å². The Balaban J connectivity index is 2.20. The number of hydrogen-bond donors (Lipinski definition) is 3. The number of hydrogen-bond acceptors (Lipinski definition) is 7. The fourth-order valence-electron chi connectivity index (χ4n) is 4.15. The molecule has 3 amide bonds. The summed E-state index contributed by atoms with van der Waals surface area (Å²) in [6.45, 7) is 12.4. The molecular formula is C28H43N3O7S. The fourth-order valence-corrected chi connectivity index (χ4v) is 5.10. The number of carbonyl (C=O) groups excluding carboxylic acids is 2. The van der Waals surface area contributed by atoms with E-state index in [1.165, 1.54) is 0 Å². The summed E-state index contributed by atoms with van der Waals surface area (Å²) in [5.41, 5.74) is 0.375. The van der Waals surface area contributed by atoms with Gasteiger partial charge in [-0.1, -0.05) is 18.2 Å². The Labute approximate surface area is 235 Å². The molecule has 0 spiro atoms. The molecule has 1 heterocycles. The smallest absolute Gasteiger partial charge is 0.407 e. The molecule has 39 heavy (non-hydrogen) atoms. The third-order valence-electron chi connectivity index (χ3n) is 5.92. The Morgan fingerprint density at radius 1 is 1.08 bits per heavy atom. The first-order valence-corrected chi connectivity index (χ1v) is 14.3. The van der Waals surface area contributed by atoms with Gasteiger partial charge in [-0.25, -0.2) is 9.59 Å². The minimum Gasteiger partial charge on any atom is -0.465 e. The Hall–Kier alpha value is -2.89. The van der Waals surface area contributed by atoms with E-state index in [1.807, 2.05) is 50.4 Å². The third kappa shape index (κ3) is 10.7. The molecule has 10 nitrogen and oxygen atoms in total. The maximum Gasteiger partial charge on any atom is 0.407 e. The number of amides is 3.